The van der Waals surface area contributed by atoms with Gasteiger partial charge in [0.2, 0.25) is 0 Å². The molecule has 0 atom stereocenters. The van der Waals surface area contributed by atoms with Gasteiger partial charge in [0.05, 0.1) is 22.8 Å². The number of anilines is 2. The van der Waals surface area contributed by atoms with Crippen molar-refractivity contribution < 1.29 is 26.3 Å². The topological polar surface area (TPSA) is 43.2 Å². The molecule has 154 valence electrons. The van der Waals surface area contributed by atoms with Crippen LogP contribution in [0.1, 0.15) is 23.1 Å². The van der Waals surface area contributed by atoms with Crippen molar-refractivity contribution in [3.63, 3.8) is 0 Å². The summed E-state index contributed by atoms with van der Waals surface area (Å²) in [5.41, 5.74) is -1.91. The van der Waals surface area contributed by atoms with Gasteiger partial charge < -0.3 is 9.80 Å². The first-order valence-corrected chi connectivity index (χ1v) is 8.74. The Morgan fingerprint density at radius 3 is 2.14 bits per heavy atom. The Balaban J connectivity index is 1.76. The van der Waals surface area contributed by atoms with Crippen molar-refractivity contribution in [3.05, 3.63) is 53.2 Å². The highest BCUT2D eigenvalue weighted by atomic mass is 19.4. The third-order valence-corrected chi connectivity index (χ3v) is 4.69. The Kier molecular flexibility index (Phi) is 5.59. The number of hydrogen-bond acceptors (Lipinski definition) is 4. The molecule has 0 aliphatic carbocycles. The predicted molar refractivity (Wildman–Crippen MR) is 94.4 cm³/mol. The fourth-order valence-corrected chi connectivity index (χ4v) is 3.21. The average molecular weight is 414 g/mol. The third-order valence-electron chi connectivity index (χ3n) is 4.69. The highest BCUT2D eigenvalue weighted by Crippen LogP contribution is 2.35. The minimum absolute atomic E-state index is 0.346. The molecule has 1 fully saturated rings. The van der Waals surface area contributed by atoms with Crippen LogP contribution in [-0.2, 0) is 12.4 Å². The molecule has 1 aliphatic heterocycles. The van der Waals surface area contributed by atoms with Gasteiger partial charge in [-0.2, -0.15) is 31.6 Å². The van der Waals surface area contributed by atoms with Crippen molar-refractivity contribution in [2.24, 2.45) is 0 Å². The molecule has 29 heavy (non-hydrogen) atoms. The number of halogens is 6. The van der Waals surface area contributed by atoms with Crippen LogP contribution in [0.2, 0.25) is 0 Å². The molecule has 2 aromatic rings. The van der Waals surface area contributed by atoms with E-state index in [1.807, 2.05) is 0 Å². The van der Waals surface area contributed by atoms with Crippen molar-refractivity contribution in [2.75, 3.05) is 36.0 Å². The average Bonchev–Trinajstić information content (AvgIpc) is 2.92. The second-order valence-corrected chi connectivity index (χ2v) is 6.57. The van der Waals surface area contributed by atoms with Crippen LogP contribution in [0.5, 0.6) is 0 Å². The van der Waals surface area contributed by atoms with E-state index >= 15 is 0 Å². The minimum atomic E-state index is -4.64. The number of pyridine rings is 1. The number of rotatable bonds is 2. The molecule has 0 amide bonds. The summed E-state index contributed by atoms with van der Waals surface area (Å²) in [6, 6.07) is 7.39. The summed E-state index contributed by atoms with van der Waals surface area (Å²) in [6.45, 7) is 1.74. The van der Waals surface area contributed by atoms with Crippen molar-refractivity contribution in [3.8, 4) is 6.07 Å². The van der Waals surface area contributed by atoms with Gasteiger partial charge in [-0.15, -0.1) is 0 Å². The molecule has 0 spiro atoms. The molecular weight excluding hydrogens is 398 g/mol. The standard InChI is InChI=1S/C19H16F6N4/c20-18(21,22)14-3-5-17(27-12-14)29-7-1-6-28(8-9-29)15-4-2-13(11-26)16(10-15)19(23,24)25/h2-5,10,12H,1,6-9H2. The maximum Gasteiger partial charge on any atom is 0.417 e. The highest BCUT2D eigenvalue weighted by Gasteiger charge is 2.34. The number of alkyl halides is 6. The Bertz CT molecular complexity index is 899. The van der Waals surface area contributed by atoms with Crippen LogP contribution in [-0.4, -0.2) is 31.2 Å². The van der Waals surface area contributed by atoms with E-state index in [0.29, 0.717) is 44.1 Å². The molecular formula is C19H16F6N4. The van der Waals surface area contributed by atoms with Gasteiger partial charge in [-0.05, 0) is 36.8 Å². The predicted octanol–water partition coefficient (Wildman–Crippen LogP) is 4.71. The zero-order valence-electron chi connectivity index (χ0n) is 15.1. The lowest BCUT2D eigenvalue weighted by Gasteiger charge is -2.25. The molecule has 0 bridgehead atoms. The van der Waals surface area contributed by atoms with E-state index in [1.54, 1.807) is 15.9 Å². The van der Waals surface area contributed by atoms with Crippen LogP contribution in [0.4, 0.5) is 37.8 Å². The Morgan fingerprint density at radius 2 is 1.55 bits per heavy atom. The van der Waals surface area contributed by atoms with Gasteiger partial charge in [-0.3, -0.25) is 0 Å². The van der Waals surface area contributed by atoms with Gasteiger partial charge in [0, 0.05) is 38.1 Å². The molecule has 0 radical (unpaired) electrons. The van der Waals surface area contributed by atoms with Crippen LogP contribution in [0.25, 0.3) is 0 Å². The molecule has 2 heterocycles. The zero-order chi connectivity index (χ0) is 21.2. The molecule has 1 aliphatic rings. The van der Waals surface area contributed by atoms with E-state index in [2.05, 4.69) is 4.98 Å². The summed E-state index contributed by atoms with van der Waals surface area (Å²) in [5, 5.41) is 8.91. The van der Waals surface area contributed by atoms with E-state index in [4.69, 9.17) is 5.26 Å². The SMILES string of the molecule is N#Cc1ccc(N2CCCN(c3ccc(C(F)(F)F)cn3)CC2)cc1C(F)(F)F. The zero-order valence-corrected chi connectivity index (χ0v) is 15.1. The van der Waals surface area contributed by atoms with E-state index in [1.165, 1.54) is 12.1 Å². The van der Waals surface area contributed by atoms with Gasteiger partial charge in [-0.25, -0.2) is 4.98 Å². The van der Waals surface area contributed by atoms with Crippen LogP contribution in [0, 0.1) is 11.3 Å². The van der Waals surface area contributed by atoms with Crippen molar-refractivity contribution >= 4 is 11.5 Å². The molecule has 0 saturated carbocycles. The van der Waals surface area contributed by atoms with Gasteiger partial charge in [-0.1, -0.05) is 0 Å². The lowest BCUT2D eigenvalue weighted by molar-refractivity contribution is -0.138. The fourth-order valence-electron chi connectivity index (χ4n) is 3.21. The van der Waals surface area contributed by atoms with Crippen molar-refractivity contribution in [1.82, 2.24) is 4.98 Å². The number of hydrogen-bond donors (Lipinski definition) is 0. The summed E-state index contributed by atoms with van der Waals surface area (Å²) < 4.78 is 77.6. The summed E-state index contributed by atoms with van der Waals surface area (Å²) in [6.07, 6.45) is -7.74. The van der Waals surface area contributed by atoms with Gasteiger partial charge in [0.1, 0.15) is 5.82 Å². The Hall–Kier alpha value is -2.96. The third kappa shape index (κ3) is 4.72. The number of nitrogens with zero attached hydrogens (tertiary/aromatic N) is 4. The van der Waals surface area contributed by atoms with Gasteiger partial charge in [0.25, 0.3) is 0 Å². The lowest BCUT2D eigenvalue weighted by Crippen LogP contribution is -2.31. The monoisotopic (exact) mass is 414 g/mol. The number of benzene rings is 1. The van der Waals surface area contributed by atoms with E-state index in [0.717, 1.165) is 24.4 Å². The maximum atomic E-state index is 13.2. The fraction of sp³-hybridized carbons (Fsp3) is 0.368. The maximum absolute atomic E-state index is 13.2. The van der Waals surface area contributed by atoms with Crippen LogP contribution in [0.3, 0.4) is 0 Å². The summed E-state index contributed by atoms with van der Waals surface area (Å²) in [4.78, 5) is 7.44. The van der Waals surface area contributed by atoms with Gasteiger partial charge in [0.15, 0.2) is 0 Å². The second-order valence-electron chi connectivity index (χ2n) is 6.57. The van der Waals surface area contributed by atoms with Crippen molar-refractivity contribution in [1.29, 1.82) is 5.26 Å². The van der Waals surface area contributed by atoms with Crippen molar-refractivity contribution in [2.45, 2.75) is 18.8 Å². The molecule has 10 heteroatoms. The largest absolute Gasteiger partial charge is 0.417 e. The van der Waals surface area contributed by atoms with Gasteiger partial charge >= 0.3 is 12.4 Å². The molecule has 1 saturated heterocycles. The molecule has 1 aromatic carbocycles. The minimum Gasteiger partial charge on any atom is -0.370 e. The Labute approximate surface area is 163 Å². The first-order chi connectivity index (χ1) is 13.6. The summed E-state index contributed by atoms with van der Waals surface area (Å²) in [7, 11) is 0. The van der Waals surface area contributed by atoms with E-state index in [-0.39, 0.29) is 0 Å². The molecule has 1 aromatic heterocycles. The first-order valence-electron chi connectivity index (χ1n) is 8.74. The second kappa shape index (κ2) is 7.81. The normalized spacial score (nSPS) is 15.8. The molecule has 0 N–H and O–H groups in total. The number of nitriles is 1. The number of aromatic nitrogens is 1. The summed E-state index contributed by atoms with van der Waals surface area (Å²) in [5.74, 6) is 0.385. The quantitative estimate of drug-likeness (QED) is 0.668. The smallest absolute Gasteiger partial charge is 0.370 e. The Morgan fingerprint density at radius 1 is 0.862 bits per heavy atom. The van der Waals surface area contributed by atoms with Crippen LogP contribution < -0.4 is 9.80 Å². The summed E-state index contributed by atoms with van der Waals surface area (Å²) >= 11 is 0. The highest BCUT2D eigenvalue weighted by molar-refractivity contribution is 5.55. The van der Waals surface area contributed by atoms with Crippen LogP contribution in [0.15, 0.2) is 36.5 Å². The van der Waals surface area contributed by atoms with Crippen LogP contribution >= 0.6 is 0 Å². The first kappa shape index (κ1) is 20.8. The molecule has 4 nitrogen and oxygen atoms in total. The van der Waals surface area contributed by atoms with E-state index < -0.39 is 29.0 Å². The lowest BCUT2D eigenvalue weighted by atomic mass is 10.1. The molecule has 3 rings (SSSR count). The molecule has 0 unspecified atom stereocenters. The van der Waals surface area contributed by atoms with E-state index in [9.17, 15) is 26.3 Å².